The first kappa shape index (κ1) is 10.4. The van der Waals surface area contributed by atoms with Crippen molar-refractivity contribution in [1.82, 2.24) is 0 Å². The Labute approximate surface area is 109 Å². The molecule has 4 rings (SSSR count). The predicted octanol–water partition coefficient (Wildman–Crippen LogP) is 4.69. The van der Waals surface area contributed by atoms with Gasteiger partial charge in [0.1, 0.15) is 0 Å². The molecule has 0 N–H and O–H groups in total. The van der Waals surface area contributed by atoms with Gasteiger partial charge in [-0.2, -0.15) is 0 Å². The van der Waals surface area contributed by atoms with Crippen molar-refractivity contribution in [1.29, 1.82) is 0 Å². The summed E-state index contributed by atoms with van der Waals surface area (Å²) in [6.07, 6.45) is 13.2. The first-order valence-electron chi connectivity index (χ1n) is 7.09. The third kappa shape index (κ3) is 1.45. The summed E-state index contributed by atoms with van der Waals surface area (Å²) in [5.74, 6) is 0.716. The fraction of sp³-hybridized carbons (Fsp3) is 0.333. The van der Waals surface area contributed by atoms with Crippen LogP contribution in [0.15, 0.2) is 59.2 Å². The molecule has 0 saturated heterocycles. The standard InChI is InChI=1S/C18H18/c1-3-7-15-13(5-1)9-11-17(15)18-12-10-14-6-2-4-8-16(14)18/h1-7,17H,8-12H2. The highest BCUT2D eigenvalue weighted by atomic mass is 14.3. The maximum absolute atomic E-state index is 2.35. The average molecular weight is 234 g/mol. The van der Waals surface area contributed by atoms with Crippen molar-refractivity contribution in [2.24, 2.45) is 0 Å². The van der Waals surface area contributed by atoms with Crippen LogP contribution in [0.1, 0.15) is 42.7 Å². The molecule has 0 bridgehead atoms. The molecule has 1 atom stereocenters. The van der Waals surface area contributed by atoms with Gasteiger partial charge < -0.3 is 0 Å². The van der Waals surface area contributed by atoms with Gasteiger partial charge in [0.05, 0.1) is 0 Å². The van der Waals surface area contributed by atoms with E-state index in [1.54, 1.807) is 27.8 Å². The van der Waals surface area contributed by atoms with Crippen molar-refractivity contribution in [2.75, 3.05) is 0 Å². The quantitative estimate of drug-likeness (QED) is 0.661. The Bertz CT molecular complexity index is 584. The van der Waals surface area contributed by atoms with E-state index in [0.717, 1.165) is 0 Å². The van der Waals surface area contributed by atoms with Crippen molar-refractivity contribution in [3.63, 3.8) is 0 Å². The van der Waals surface area contributed by atoms with Crippen molar-refractivity contribution >= 4 is 0 Å². The van der Waals surface area contributed by atoms with Crippen LogP contribution in [0.4, 0.5) is 0 Å². The zero-order valence-electron chi connectivity index (χ0n) is 10.7. The summed E-state index contributed by atoms with van der Waals surface area (Å²) in [6.45, 7) is 0. The molecule has 18 heavy (non-hydrogen) atoms. The number of aryl methyl sites for hydroxylation is 1. The maximum Gasteiger partial charge on any atom is 0.00602 e. The summed E-state index contributed by atoms with van der Waals surface area (Å²) in [4.78, 5) is 0. The molecule has 1 unspecified atom stereocenters. The molecular weight excluding hydrogens is 216 g/mol. The molecule has 0 radical (unpaired) electrons. The monoisotopic (exact) mass is 234 g/mol. The van der Waals surface area contributed by atoms with Gasteiger partial charge >= 0.3 is 0 Å². The van der Waals surface area contributed by atoms with Crippen LogP contribution in [-0.4, -0.2) is 0 Å². The fourth-order valence-electron chi connectivity index (χ4n) is 3.90. The number of rotatable bonds is 1. The average Bonchev–Trinajstić information content (AvgIpc) is 3.01. The Hall–Kier alpha value is -1.56. The summed E-state index contributed by atoms with van der Waals surface area (Å²) in [6, 6.07) is 9.05. The number of hydrogen-bond donors (Lipinski definition) is 0. The van der Waals surface area contributed by atoms with Gasteiger partial charge in [0.2, 0.25) is 0 Å². The molecule has 0 aromatic heterocycles. The summed E-state index contributed by atoms with van der Waals surface area (Å²) < 4.78 is 0. The summed E-state index contributed by atoms with van der Waals surface area (Å²) in [5.41, 5.74) is 8.21. The smallest absolute Gasteiger partial charge is 0.00602 e. The van der Waals surface area contributed by atoms with Crippen molar-refractivity contribution in [2.45, 2.75) is 38.0 Å². The molecule has 3 aliphatic rings. The van der Waals surface area contributed by atoms with Crippen molar-refractivity contribution < 1.29 is 0 Å². The zero-order valence-corrected chi connectivity index (χ0v) is 10.7. The Morgan fingerprint density at radius 1 is 1.00 bits per heavy atom. The lowest BCUT2D eigenvalue weighted by molar-refractivity contribution is 0.737. The van der Waals surface area contributed by atoms with Gasteiger partial charge in [-0.15, -0.1) is 0 Å². The van der Waals surface area contributed by atoms with Crippen LogP contribution in [0, 0.1) is 0 Å². The van der Waals surface area contributed by atoms with E-state index >= 15 is 0 Å². The van der Waals surface area contributed by atoms with E-state index in [1.807, 2.05) is 0 Å². The third-order valence-corrected chi connectivity index (χ3v) is 4.75. The zero-order chi connectivity index (χ0) is 11.9. The second-order valence-corrected chi connectivity index (χ2v) is 5.62. The Morgan fingerprint density at radius 3 is 2.94 bits per heavy atom. The molecule has 1 aromatic rings. The minimum absolute atomic E-state index is 0.716. The molecule has 0 saturated carbocycles. The highest BCUT2D eigenvalue weighted by Gasteiger charge is 2.30. The molecular formula is C18H18. The van der Waals surface area contributed by atoms with Crippen LogP contribution >= 0.6 is 0 Å². The molecule has 0 heteroatoms. The first-order valence-corrected chi connectivity index (χ1v) is 7.09. The topological polar surface area (TPSA) is 0 Å². The Balaban J connectivity index is 1.78. The van der Waals surface area contributed by atoms with Crippen LogP contribution in [0.5, 0.6) is 0 Å². The van der Waals surface area contributed by atoms with Gasteiger partial charge in [0, 0.05) is 5.92 Å². The molecule has 0 amide bonds. The highest BCUT2D eigenvalue weighted by Crippen LogP contribution is 2.47. The molecule has 90 valence electrons. The number of allylic oxidation sites excluding steroid dienone is 6. The molecule has 0 nitrogen and oxygen atoms in total. The van der Waals surface area contributed by atoms with E-state index in [4.69, 9.17) is 0 Å². The Kier molecular flexibility index (Phi) is 2.29. The van der Waals surface area contributed by atoms with Crippen LogP contribution in [0.3, 0.4) is 0 Å². The van der Waals surface area contributed by atoms with E-state index in [0.29, 0.717) is 5.92 Å². The maximum atomic E-state index is 2.35. The van der Waals surface area contributed by atoms with E-state index in [9.17, 15) is 0 Å². The Morgan fingerprint density at radius 2 is 1.94 bits per heavy atom. The molecule has 0 aliphatic heterocycles. The van der Waals surface area contributed by atoms with Gasteiger partial charge in [-0.25, -0.2) is 0 Å². The first-order chi connectivity index (χ1) is 8.93. The third-order valence-electron chi connectivity index (χ3n) is 4.75. The fourth-order valence-corrected chi connectivity index (χ4v) is 3.90. The van der Waals surface area contributed by atoms with E-state index in [2.05, 4.69) is 42.5 Å². The summed E-state index contributed by atoms with van der Waals surface area (Å²) >= 11 is 0. The van der Waals surface area contributed by atoms with Crippen LogP contribution < -0.4 is 0 Å². The highest BCUT2D eigenvalue weighted by molar-refractivity contribution is 5.52. The summed E-state index contributed by atoms with van der Waals surface area (Å²) in [5, 5.41) is 0. The van der Waals surface area contributed by atoms with Gasteiger partial charge in [-0.1, -0.05) is 48.1 Å². The van der Waals surface area contributed by atoms with Gasteiger partial charge in [-0.3, -0.25) is 0 Å². The second-order valence-electron chi connectivity index (χ2n) is 5.62. The van der Waals surface area contributed by atoms with Crippen molar-refractivity contribution in [3.8, 4) is 0 Å². The summed E-state index contributed by atoms with van der Waals surface area (Å²) in [7, 11) is 0. The van der Waals surface area contributed by atoms with Gasteiger partial charge in [0.15, 0.2) is 0 Å². The van der Waals surface area contributed by atoms with E-state index in [-0.39, 0.29) is 0 Å². The SMILES string of the molecule is C1=CCC2=C(C3CCc4ccccc43)CCC2=C1. The lowest BCUT2D eigenvalue weighted by Gasteiger charge is -2.16. The molecule has 1 aromatic carbocycles. The number of fused-ring (bicyclic) bond motifs is 2. The second kappa shape index (κ2) is 3.98. The minimum Gasteiger partial charge on any atom is -0.0801 e. The van der Waals surface area contributed by atoms with E-state index in [1.165, 1.54) is 32.1 Å². The predicted molar refractivity (Wildman–Crippen MR) is 75.6 cm³/mol. The van der Waals surface area contributed by atoms with Crippen LogP contribution in [0.25, 0.3) is 0 Å². The molecule has 0 heterocycles. The van der Waals surface area contributed by atoms with Gasteiger partial charge in [-0.05, 0) is 54.4 Å². The molecule has 3 aliphatic carbocycles. The van der Waals surface area contributed by atoms with Gasteiger partial charge in [0.25, 0.3) is 0 Å². The number of hydrogen-bond acceptors (Lipinski definition) is 0. The van der Waals surface area contributed by atoms with Crippen LogP contribution in [-0.2, 0) is 6.42 Å². The number of benzene rings is 1. The lowest BCUT2D eigenvalue weighted by Crippen LogP contribution is -1.99. The molecule has 0 spiro atoms. The van der Waals surface area contributed by atoms with E-state index < -0.39 is 0 Å². The van der Waals surface area contributed by atoms with Crippen LogP contribution in [0.2, 0.25) is 0 Å². The lowest BCUT2D eigenvalue weighted by atomic mass is 9.88. The largest absolute Gasteiger partial charge is 0.0801 e. The molecule has 0 fully saturated rings. The minimum atomic E-state index is 0.716. The normalized spacial score (nSPS) is 25.1. The van der Waals surface area contributed by atoms with Crippen molar-refractivity contribution in [3.05, 3.63) is 70.3 Å².